The van der Waals surface area contributed by atoms with E-state index in [1.807, 2.05) is 0 Å². The van der Waals surface area contributed by atoms with E-state index >= 15 is 0 Å². The van der Waals surface area contributed by atoms with Gasteiger partial charge in [0.1, 0.15) is 12.4 Å². The molecule has 3 rings (SSSR count). The highest BCUT2D eigenvalue weighted by molar-refractivity contribution is 5.78. The van der Waals surface area contributed by atoms with Crippen LogP contribution in [0.5, 0.6) is 5.75 Å². The van der Waals surface area contributed by atoms with Crippen LogP contribution in [0.15, 0.2) is 48.5 Å². The van der Waals surface area contributed by atoms with Crippen molar-refractivity contribution < 1.29 is 4.74 Å². The summed E-state index contributed by atoms with van der Waals surface area (Å²) in [5.74, 6) is 0.945. The Morgan fingerprint density at radius 1 is 0.920 bits per heavy atom. The highest BCUT2D eigenvalue weighted by Crippen LogP contribution is 2.30. The smallest absolute Gasteiger partial charge is 0.119 e. The first-order chi connectivity index (χ1) is 12.1. The van der Waals surface area contributed by atoms with E-state index in [2.05, 4.69) is 84.4 Å². The molecule has 0 N–H and O–H groups in total. The third kappa shape index (κ3) is 4.74. The average molecular weight is 339 g/mol. The SMILES string of the molecule is CN1CCN(CCOc2ccc(-c3ccccc3N(C)C)cc2)CC1. The molecule has 1 saturated heterocycles. The lowest BCUT2D eigenvalue weighted by molar-refractivity contribution is 0.134. The lowest BCUT2D eigenvalue weighted by atomic mass is 10.0. The summed E-state index contributed by atoms with van der Waals surface area (Å²) in [6.45, 7) is 6.33. The Labute approximate surface area is 151 Å². The Morgan fingerprint density at radius 3 is 2.28 bits per heavy atom. The molecule has 2 aromatic rings. The number of para-hydroxylation sites is 1. The molecule has 1 aliphatic rings. The summed E-state index contributed by atoms with van der Waals surface area (Å²) in [6.07, 6.45) is 0. The fourth-order valence-electron chi connectivity index (χ4n) is 3.20. The van der Waals surface area contributed by atoms with Crippen LogP contribution in [0.4, 0.5) is 5.69 Å². The molecule has 0 aromatic heterocycles. The number of nitrogens with zero attached hydrogens (tertiary/aromatic N) is 3. The molecule has 0 unspecified atom stereocenters. The Hall–Kier alpha value is -2.04. The van der Waals surface area contributed by atoms with Crippen LogP contribution >= 0.6 is 0 Å². The minimum Gasteiger partial charge on any atom is -0.492 e. The standard InChI is InChI=1S/C21H29N3O/c1-22(2)21-7-5-4-6-20(21)18-8-10-19(11-9-18)25-17-16-24-14-12-23(3)13-15-24/h4-11H,12-17H2,1-3H3. The van der Waals surface area contributed by atoms with Gasteiger partial charge in [-0.05, 0) is 30.8 Å². The van der Waals surface area contributed by atoms with Crippen molar-refractivity contribution in [1.29, 1.82) is 0 Å². The summed E-state index contributed by atoms with van der Waals surface area (Å²) in [5.41, 5.74) is 3.69. The number of piperazine rings is 1. The van der Waals surface area contributed by atoms with Crippen LogP contribution in [0.1, 0.15) is 0 Å². The van der Waals surface area contributed by atoms with Crippen molar-refractivity contribution in [2.45, 2.75) is 0 Å². The maximum atomic E-state index is 5.94. The zero-order valence-corrected chi connectivity index (χ0v) is 15.6. The topological polar surface area (TPSA) is 19.0 Å². The van der Waals surface area contributed by atoms with Gasteiger partial charge < -0.3 is 14.5 Å². The number of anilines is 1. The Morgan fingerprint density at radius 2 is 1.60 bits per heavy atom. The molecule has 2 aromatic carbocycles. The zero-order valence-electron chi connectivity index (χ0n) is 15.6. The first-order valence-corrected chi connectivity index (χ1v) is 9.04. The van der Waals surface area contributed by atoms with Crippen LogP contribution in [0.3, 0.4) is 0 Å². The Balaban J connectivity index is 1.56. The summed E-state index contributed by atoms with van der Waals surface area (Å²) in [5, 5.41) is 0. The van der Waals surface area contributed by atoms with Crippen LogP contribution in [0.2, 0.25) is 0 Å². The van der Waals surface area contributed by atoms with Crippen LogP contribution in [-0.2, 0) is 0 Å². The van der Waals surface area contributed by atoms with Crippen LogP contribution < -0.4 is 9.64 Å². The highest BCUT2D eigenvalue weighted by Gasteiger charge is 2.13. The summed E-state index contributed by atoms with van der Waals surface area (Å²) in [4.78, 5) is 7.00. The molecule has 4 heteroatoms. The minimum atomic E-state index is 0.747. The molecule has 1 fully saturated rings. The molecule has 25 heavy (non-hydrogen) atoms. The van der Waals surface area contributed by atoms with E-state index in [-0.39, 0.29) is 0 Å². The molecule has 1 heterocycles. The Kier molecular flexibility index (Phi) is 5.95. The second-order valence-corrected chi connectivity index (χ2v) is 6.93. The molecule has 0 aliphatic carbocycles. The van der Waals surface area contributed by atoms with Gasteiger partial charge >= 0.3 is 0 Å². The molecule has 4 nitrogen and oxygen atoms in total. The second-order valence-electron chi connectivity index (χ2n) is 6.93. The van der Waals surface area contributed by atoms with E-state index in [9.17, 15) is 0 Å². The monoisotopic (exact) mass is 339 g/mol. The molecule has 1 aliphatic heterocycles. The lowest BCUT2D eigenvalue weighted by Gasteiger charge is -2.32. The third-order valence-corrected chi connectivity index (χ3v) is 4.82. The number of benzene rings is 2. The molecule has 0 saturated carbocycles. The summed E-state index contributed by atoms with van der Waals surface area (Å²) >= 11 is 0. The minimum absolute atomic E-state index is 0.747. The largest absolute Gasteiger partial charge is 0.492 e. The van der Waals surface area contributed by atoms with Gasteiger partial charge in [0.05, 0.1) is 0 Å². The molecule has 0 bridgehead atoms. The van der Waals surface area contributed by atoms with Crippen molar-refractivity contribution in [2.24, 2.45) is 0 Å². The fourth-order valence-corrected chi connectivity index (χ4v) is 3.20. The van der Waals surface area contributed by atoms with Crippen molar-refractivity contribution in [3.8, 4) is 16.9 Å². The van der Waals surface area contributed by atoms with Gasteiger partial charge in [-0.3, -0.25) is 4.90 Å². The van der Waals surface area contributed by atoms with Crippen LogP contribution in [0.25, 0.3) is 11.1 Å². The predicted molar refractivity (Wildman–Crippen MR) is 106 cm³/mol. The molecule has 0 spiro atoms. The molecular weight excluding hydrogens is 310 g/mol. The van der Waals surface area contributed by atoms with Gasteiger partial charge in [0.15, 0.2) is 0 Å². The summed E-state index contributed by atoms with van der Waals surface area (Å²) < 4.78 is 5.94. The van der Waals surface area contributed by atoms with Gasteiger partial charge in [-0.2, -0.15) is 0 Å². The summed E-state index contributed by atoms with van der Waals surface area (Å²) in [7, 11) is 6.34. The van der Waals surface area contributed by atoms with E-state index in [1.54, 1.807) is 0 Å². The van der Waals surface area contributed by atoms with E-state index in [1.165, 1.54) is 16.8 Å². The summed E-state index contributed by atoms with van der Waals surface area (Å²) in [6, 6.07) is 16.9. The number of hydrogen-bond acceptors (Lipinski definition) is 4. The second kappa shape index (κ2) is 8.37. The molecule has 0 atom stereocenters. The van der Waals surface area contributed by atoms with Gasteiger partial charge in [-0.15, -0.1) is 0 Å². The first kappa shape index (κ1) is 17.8. The van der Waals surface area contributed by atoms with Gasteiger partial charge in [0.2, 0.25) is 0 Å². The molecule has 0 amide bonds. The van der Waals surface area contributed by atoms with Gasteiger partial charge in [0, 0.05) is 58.1 Å². The molecule has 134 valence electrons. The van der Waals surface area contributed by atoms with Gasteiger partial charge in [-0.25, -0.2) is 0 Å². The first-order valence-electron chi connectivity index (χ1n) is 9.04. The van der Waals surface area contributed by atoms with E-state index < -0.39 is 0 Å². The van der Waals surface area contributed by atoms with Crippen molar-refractivity contribution in [3.63, 3.8) is 0 Å². The molecular formula is C21H29N3O. The Bertz CT molecular complexity index is 661. The number of ether oxygens (including phenoxy) is 1. The van der Waals surface area contributed by atoms with Gasteiger partial charge in [0.25, 0.3) is 0 Å². The lowest BCUT2D eigenvalue weighted by Crippen LogP contribution is -2.45. The average Bonchev–Trinajstić information content (AvgIpc) is 2.64. The van der Waals surface area contributed by atoms with E-state index in [0.717, 1.165) is 45.1 Å². The quantitative estimate of drug-likeness (QED) is 0.805. The van der Waals surface area contributed by atoms with Crippen molar-refractivity contribution in [1.82, 2.24) is 9.80 Å². The van der Waals surface area contributed by atoms with Crippen molar-refractivity contribution in [2.75, 3.05) is 65.4 Å². The highest BCUT2D eigenvalue weighted by atomic mass is 16.5. The molecule has 0 radical (unpaired) electrons. The number of likely N-dealkylation sites (N-methyl/N-ethyl adjacent to an activating group) is 1. The van der Waals surface area contributed by atoms with Crippen LogP contribution in [-0.4, -0.2) is 70.3 Å². The third-order valence-electron chi connectivity index (χ3n) is 4.82. The predicted octanol–water partition coefficient (Wildman–Crippen LogP) is 3.05. The normalized spacial score (nSPS) is 16.0. The van der Waals surface area contributed by atoms with Crippen LogP contribution in [0, 0.1) is 0 Å². The fraction of sp³-hybridized carbons (Fsp3) is 0.429. The maximum Gasteiger partial charge on any atom is 0.119 e. The zero-order chi connectivity index (χ0) is 17.6. The van der Waals surface area contributed by atoms with Crippen molar-refractivity contribution >= 4 is 5.69 Å². The number of hydrogen-bond donors (Lipinski definition) is 0. The van der Waals surface area contributed by atoms with Gasteiger partial charge in [-0.1, -0.05) is 30.3 Å². The number of rotatable bonds is 6. The van der Waals surface area contributed by atoms with Crippen molar-refractivity contribution in [3.05, 3.63) is 48.5 Å². The maximum absolute atomic E-state index is 5.94. The van der Waals surface area contributed by atoms with E-state index in [0.29, 0.717) is 0 Å². The van der Waals surface area contributed by atoms with E-state index in [4.69, 9.17) is 4.74 Å².